The molecule has 5 heteroatoms. The van der Waals surface area contributed by atoms with Crippen LogP contribution in [-0.4, -0.2) is 42.1 Å². The molecule has 0 unspecified atom stereocenters. The molecule has 4 nitrogen and oxygen atoms in total. The Bertz CT molecular complexity index is 267. The maximum absolute atomic E-state index is 5.73. The van der Waals surface area contributed by atoms with Crippen LogP contribution in [0.5, 0.6) is 5.88 Å². The maximum Gasteiger partial charge on any atom is 0.252 e. The number of hydrogen-bond acceptors (Lipinski definition) is 4. The molecule has 1 aromatic heterocycles. The van der Waals surface area contributed by atoms with Gasteiger partial charge in [-0.05, 0) is 14.1 Å². The van der Waals surface area contributed by atoms with E-state index in [-0.39, 0.29) is 0 Å². The molecule has 0 aromatic carbocycles. The average molecular weight is 202 g/mol. The van der Waals surface area contributed by atoms with Crippen LogP contribution in [0.3, 0.4) is 0 Å². The first-order chi connectivity index (χ1) is 6.20. The number of ether oxygens (including phenoxy) is 1. The lowest BCUT2D eigenvalue weighted by molar-refractivity contribution is 0.253. The van der Waals surface area contributed by atoms with E-state index in [2.05, 4.69) is 9.97 Å². The van der Waals surface area contributed by atoms with E-state index in [1.807, 2.05) is 19.0 Å². The van der Waals surface area contributed by atoms with Gasteiger partial charge >= 0.3 is 0 Å². The van der Waals surface area contributed by atoms with E-state index < -0.39 is 0 Å². The van der Waals surface area contributed by atoms with Gasteiger partial charge in [-0.2, -0.15) is 0 Å². The van der Waals surface area contributed by atoms with Gasteiger partial charge in [-0.1, -0.05) is 11.6 Å². The van der Waals surface area contributed by atoms with Crippen LogP contribution in [0.25, 0.3) is 0 Å². The molecule has 1 rings (SSSR count). The molecule has 1 aromatic rings. The van der Waals surface area contributed by atoms with Crippen molar-refractivity contribution in [3.63, 3.8) is 0 Å². The highest BCUT2D eigenvalue weighted by Gasteiger charge is 2.02. The van der Waals surface area contributed by atoms with E-state index in [9.17, 15) is 0 Å². The van der Waals surface area contributed by atoms with Crippen LogP contribution in [0, 0.1) is 0 Å². The molecule has 0 bridgehead atoms. The third-order valence-corrected chi connectivity index (χ3v) is 1.66. The quantitative estimate of drug-likeness (QED) is 0.731. The maximum atomic E-state index is 5.73. The SMILES string of the molecule is CN(C)CCOc1nccnc1Cl. The van der Waals surface area contributed by atoms with Crippen LogP contribution < -0.4 is 4.74 Å². The summed E-state index contributed by atoms with van der Waals surface area (Å²) >= 11 is 5.73. The number of aromatic nitrogens is 2. The van der Waals surface area contributed by atoms with E-state index in [1.165, 1.54) is 6.20 Å². The van der Waals surface area contributed by atoms with Gasteiger partial charge in [0.1, 0.15) is 6.61 Å². The lowest BCUT2D eigenvalue weighted by atomic mass is 10.6. The second-order valence-corrected chi connectivity index (χ2v) is 3.16. The predicted molar refractivity (Wildman–Crippen MR) is 51.1 cm³/mol. The fourth-order valence-corrected chi connectivity index (χ4v) is 0.890. The summed E-state index contributed by atoms with van der Waals surface area (Å²) in [6.45, 7) is 1.39. The first-order valence-corrected chi connectivity index (χ1v) is 4.32. The zero-order chi connectivity index (χ0) is 9.68. The Kier molecular flexibility index (Phi) is 3.92. The largest absolute Gasteiger partial charge is 0.474 e. The second kappa shape index (κ2) is 4.99. The summed E-state index contributed by atoms with van der Waals surface area (Å²) < 4.78 is 5.30. The molecular weight excluding hydrogens is 190 g/mol. The molecular formula is C8H12ClN3O. The van der Waals surface area contributed by atoms with Gasteiger partial charge in [0.25, 0.3) is 5.88 Å². The average Bonchev–Trinajstić information content (AvgIpc) is 2.08. The zero-order valence-corrected chi connectivity index (χ0v) is 8.45. The Labute approximate surface area is 82.5 Å². The zero-order valence-electron chi connectivity index (χ0n) is 7.70. The third-order valence-electron chi connectivity index (χ3n) is 1.40. The fraction of sp³-hybridized carbons (Fsp3) is 0.500. The summed E-state index contributed by atoms with van der Waals surface area (Å²) in [6.07, 6.45) is 3.08. The Morgan fingerprint density at radius 2 is 2.08 bits per heavy atom. The van der Waals surface area contributed by atoms with Crippen LogP contribution in [0.1, 0.15) is 0 Å². The molecule has 72 valence electrons. The van der Waals surface area contributed by atoms with Crippen molar-refractivity contribution in [2.75, 3.05) is 27.2 Å². The standard InChI is InChI=1S/C8H12ClN3O/c1-12(2)5-6-13-8-7(9)10-3-4-11-8/h3-4H,5-6H2,1-2H3. The number of halogens is 1. The van der Waals surface area contributed by atoms with Crippen LogP contribution in [0.15, 0.2) is 12.4 Å². The van der Waals surface area contributed by atoms with Crippen LogP contribution in [0.4, 0.5) is 0 Å². The highest BCUT2D eigenvalue weighted by Crippen LogP contribution is 2.16. The second-order valence-electron chi connectivity index (χ2n) is 2.80. The number of nitrogens with zero attached hydrogens (tertiary/aromatic N) is 3. The van der Waals surface area contributed by atoms with Gasteiger partial charge in [0.15, 0.2) is 5.15 Å². The van der Waals surface area contributed by atoms with Crippen molar-refractivity contribution < 1.29 is 4.74 Å². The topological polar surface area (TPSA) is 38.2 Å². The van der Waals surface area contributed by atoms with Crippen LogP contribution >= 0.6 is 11.6 Å². The molecule has 0 aliphatic carbocycles. The van der Waals surface area contributed by atoms with E-state index in [1.54, 1.807) is 6.20 Å². The highest BCUT2D eigenvalue weighted by atomic mass is 35.5. The molecule has 0 saturated carbocycles. The van der Waals surface area contributed by atoms with Crippen molar-refractivity contribution in [3.8, 4) is 5.88 Å². The summed E-state index contributed by atoms with van der Waals surface area (Å²) in [6, 6.07) is 0. The van der Waals surface area contributed by atoms with Gasteiger partial charge in [0.2, 0.25) is 0 Å². The molecule has 0 saturated heterocycles. The Morgan fingerprint density at radius 3 is 2.69 bits per heavy atom. The van der Waals surface area contributed by atoms with Crippen LogP contribution in [-0.2, 0) is 0 Å². The molecule has 0 atom stereocenters. The van der Waals surface area contributed by atoms with Crippen molar-refractivity contribution in [2.45, 2.75) is 0 Å². The summed E-state index contributed by atoms with van der Waals surface area (Å²) in [4.78, 5) is 9.80. The lowest BCUT2D eigenvalue weighted by Gasteiger charge is -2.10. The van der Waals surface area contributed by atoms with Gasteiger partial charge in [-0.25, -0.2) is 9.97 Å². The van der Waals surface area contributed by atoms with Crippen molar-refractivity contribution in [2.24, 2.45) is 0 Å². The highest BCUT2D eigenvalue weighted by molar-refractivity contribution is 6.30. The van der Waals surface area contributed by atoms with Crippen molar-refractivity contribution in [1.29, 1.82) is 0 Å². The Balaban J connectivity index is 2.41. The summed E-state index contributed by atoms with van der Waals surface area (Å²) in [7, 11) is 3.95. The van der Waals surface area contributed by atoms with Crippen molar-refractivity contribution >= 4 is 11.6 Å². The molecule has 1 heterocycles. The molecule has 0 amide bonds. The van der Waals surface area contributed by atoms with Gasteiger partial charge in [0, 0.05) is 18.9 Å². The van der Waals surface area contributed by atoms with E-state index in [0.717, 1.165) is 6.54 Å². The number of hydrogen-bond donors (Lipinski definition) is 0. The fourth-order valence-electron chi connectivity index (χ4n) is 0.730. The number of likely N-dealkylation sites (N-methyl/N-ethyl adjacent to an activating group) is 1. The van der Waals surface area contributed by atoms with E-state index >= 15 is 0 Å². The summed E-state index contributed by atoms with van der Waals surface area (Å²) in [5, 5.41) is 0.307. The molecule has 0 N–H and O–H groups in total. The molecule has 0 spiro atoms. The van der Waals surface area contributed by atoms with E-state index in [4.69, 9.17) is 16.3 Å². The minimum absolute atomic E-state index is 0.307. The molecule has 0 aliphatic heterocycles. The number of rotatable bonds is 4. The summed E-state index contributed by atoms with van der Waals surface area (Å²) in [5.41, 5.74) is 0. The molecule has 0 aliphatic rings. The first kappa shape index (κ1) is 10.2. The minimum Gasteiger partial charge on any atom is -0.474 e. The van der Waals surface area contributed by atoms with Gasteiger partial charge in [-0.3, -0.25) is 0 Å². The normalized spacial score (nSPS) is 10.5. The summed E-state index contributed by atoms with van der Waals surface area (Å²) in [5.74, 6) is 0.394. The monoisotopic (exact) mass is 201 g/mol. The minimum atomic E-state index is 0.307. The van der Waals surface area contributed by atoms with Crippen molar-refractivity contribution in [3.05, 3.63) is 17.5 Å². The van der Waals surface area contributed by atoms with Gasteiger partial charge < -0.3 is 9.64 Å². The molecule has 0 fully saturated rings. The molecule has 13 heavy (non-hydrogen) atoms. The smallest absolute Gasteiger partial charge is 0.252 e. The molecule has 0 radical (unpaired) electrons. The Morgan fingerprint density at radius 1 is 1.38 bits per heavy atom. The van der Waals surface area contributed by atoms with E-state index in [0.29, 0.717) is 17.6 Å². The predicted octanol–water partition coefficient (Wildman–Crippen LogP) is 1.07. The van der Waals surface area contributed by atoms with Crippen molar-refractivity contribution in [1.82, 2.24) is 14.9 Å². The lowest BCUT2D eigenvalue weighted by Crippen LogP contribution is -2.19. The van der Waals surface area contributed by atoms with Gasteiger partial charge in [-0.15, -0.1) is 0 Å². The third kappa shape index (κ3) is 3.57. The van der Waals surface area contributed by atoms with Gasteiger partial charge in [0.05, 0.1) is 0 Å². The first-order valence-electron chi connectivity index (χ1n) is 3.94. The Hall–Kier alpha value is -0.870. The van der Waals surface area contributed by atoms with Crippen LogP contribution in [0.2, 0.25) is 5.15 Å².